The number of aromatic nitrogens is 2. The van der Waals surface area contributed by atoms with Crippen molar-refractivity contribution in [3.8, 4) is 22.5 Å². The molecule has 110 valence electrons. The van der Waals surface area contributed by atoms with Crippen LogP contribution in [0.1, 0.15) is 10.6 Å². The highest BCUT2D eigenvalue weighted by Gasteiger charge is 2.15. The molecule has 0 atom stereocenters. The van der Waals surface area contributed by atoms with Crippen LogP contribution in [0.3, 0.4) is 0 Å². The van der Waals surface area contributed by atoms with Gasteiger partial charge in [0, 0.05) is 11.1 Å². The minimum Gasteiger partial charge on any atom is -0.361 e. The Hall–Kier alpha value is -3.43. The molecule has 5 nitrogen and oxygen atoms in total. The first-order chi connectivity index (χ1) is 11.3. The third-order valence-corrected chi connectivity index (χ3v) is 3.26. The van der Waals surface area contributed by atoms with Gasteiger partial charge in [0.15, 0.2) is 0 Å². The molecule has 23 heavy (non-hydrogen) atoms. The van der Waals surface area contributed by atoms with Gasteiger partial charge in [0.25, 0.3) is 0 Å². The number of carbonyl (C=O) groups excluding carboxylic acids is 1. The molecule has 3 rings (SSSR count). The summed E-state index contributed by atoms with van der Waals surface area (Å²) in [5, 5.41) is 0. The number of rotatable bonds is 4. The lowest BCUT2D eigenvalue weighted by Crippen LogP contribution is -2.09. The van der Waals surface area contributed by atoms with Gasteiger partial charge in [-0.15, -0.1) is 0 Å². The van der Waals surface area contributed by atoms with Gasteiger partial charge in [-0.25, -0.2) is 9.97 Å². The van der Waals surface area contributed by atoms with Crippen LogP contribution in [0.15, 0.2) is 66.7 Å². The fraction of sp³-hybridized carbons (Fsp3) is 0. The van der Waals surface area contributed by atoms with E-state index < -0.39 is 5.78 Å². The van der Waals surface area contributed by atoms with Crippen LogP contribution in [0.25, 0.3) is 28.0 Å². The standard InChI is InChI=1S/C18H12N4O/c19-20-12-17(23)18-21-15(13-7-3-1-4-8-13)11-16(22-18)14-9-5-2-6-10-14/h1-12H. The van der Waals surface area contributed by atoms with Gasteiger partial charge in [-0.3, -0.25) is 4.79 Å². The molecule has 0 amide bonds. The van der Waals surface area contributed by atoms with E-state index in [1.54, 1.807) is 0 Å². The molecule has 0 saturated carbocycles. The first kappa shape index (κ1) is 14.5. The number of ketones is 1. The van der Waals surface area contributed by atoms with E-state index >= 15 is 0 Å². The number of Topliss-reactive ketones (excluding diaryl/α,β-unsaturated/α-hetero) is 1. The Morgan fingerprint density at radius 2 is 1.35 bits per heavy atom. The Kier molecular flexibility index (Phi) is 4.13. The largest absolute Gasteiger partial charge is 0.361 e. The van der Waals surface area contributed by atoms with Crippen LogP contribution in [0.2, 0.25) is 0 Å². The number of carbonyl (C=O) groups is 1. The monoisotopic (exact) mass is 300 g/mol. The lowest BCUT2D eigenvalue weighted by molar-refractivity contribution is 0.00225. The minimum absolute atomic E-state index is 0.0111. The molecule has 0 fully saturated rings. The van der Waals surface area contributed by atoms with Crippen LogP contribution in [0, 0.1) is 0 Å². The van der Waals surface area contributed by atoms with Crippen molar-refractivity contribution in [2.45, 2.75) is 0 Å². The predicted octanol–water partition coefficient (Wildman–Crippen LogP) is 3.29. The first-order valence-corrected chi connectivity index (χ1v) is 6.99. The molecule has 0 aliphatic carbocycles. The van der Waals surface area contributed by atoms with E-state index in [1.165, 1.54) is 0 Å². The van der Waals surface area contributed by atoms with Gasteiger partial charge in [-0.1, -0.05) is 60.7 Å². The summed E-state index contributed by atoms with van der Waals surface area (Å²) >= 11 is 0. The van der Waals surface area contributed by atoms with Crippen LogP contribution < -0.4 is 0 Å². The highest BCUT2D eigenvalue weighted by atomic mass is 16.1. The maximum Gasteiger partial charge on any atom is 0.331 e. The van der Waals surface area contributed by atoms with Crippen LogP contribution >= 0.6 is 0 Å². The Morgan fingerprint density at radius 3 is 1.78 bits per heavy atom. The summed E-state index contributed by atoms with van der Waals surface area (Å²) in [5.74, 6) is -0.564. The molecule has 0 bridgehead atoms. The highest BCUT2D eigenvalue weighted by molar-refractivity contribution is 6.32. The average molecular weight is 300 g/mol. The summed E-state index contributed by atoms with van der Waals surface area (Å²) in [5.41, 5.74) is 11.6. The SMILES string of the molecule is [N-]=[N+]=CC(=O)c1nc(-c2ccccc2)cc(-c2ccccc2)n1. The molecule has 0 aliphatic heterocycles. The lowest BCUT2D eigenvalue weighted by Gasteiger charge is -2.06. The van der Waals surface area contributed by atoms with Crippen LogP contribution in [0.4, 0.5) is 0 Å². The van der Waals surface area contributed by atoms with Gasteiger partial charge in [-0.2, -0.15) is 4.79 Å². The quantitative estimate of drug-likeness (QED) is 0.321. The summed E-state index contributed by atoms with van der Waals surface area (Å²) in [6.45, 7) is 0. The molecular weight excluding hydrogens is 288 g/mol. The van der Waals surface area contributed by atoms with Crippen LogP contribution in [-0.2, 0) is 0 Å². The maximum atomic E-state index is 12.0. The van der Waals surface area contributed by atoms with Crippen molar-refractivity contribution in [2.24, 2.45) is 0 Å². The molecule has 1 aromatic heterocycles. The van der Waals surface area contributed by atoms with Crippen LogP contribution in [-0.4, -0.2) is 26.8 Å². The zero-order valence-electron chi connectivity index (χ0n) is 12.1. The molecule has 5 heteroatoms. The number of hydrogen-bond acceptors (Lipinski definition) is 3. The van der Waals surface area contributed by atoms with Crippen molar-refractivity contribution in [1.82, 2.24) is 9.97 Å². The van der Waals surface area contributed by atoms with Crippen molar-refractivity contribution in [3.63, 3.8) is 0 Å². The van der Waals surface area contributed by atoms with Crippen molar-refractivity contribution in [3.05, 3.63) is 78.1 Å². The van der Waals surface area contributed by atoms with Gasteiger partial charge < -0.3 is 5.53 Å². The second-order valence-electron chi connectivity index (χ2n) is 4.80. The summed E-state index contributed by atoms with van der Waals surface area (Å²) < 4.78 is 0. The van der Waals surface area contributed by atoms with Crippen molar-refractivity contribution in [1.29, 1.82) is 0 Å². The van der Waals surface area contributed by atoms with E-state index in [-0.39, 0.29) is 5.82 Å². The lowest BCUT2D eigenvalue weighted by atomic mass is 10.1. The van der Waals surface area contributed by atoms with E-state index in [2.05, 4.69) is 14.8 Å². The highest BCUT2D eigenvalue weighted by Crippen LogP contribution is 2.23. The molecule has 1 heterocycles. The zero-order valence-corrected chi connectivity index (χ0v) is 12.1. The molecule has 3 aromatic rings. The zero-order chi connectivity index (χ0) is 16.1. The Labute approximate surface area is 132 Å². The maximum absolute atomic E-state index is 12.0. The fourth-order valence-electron chi connectivity index (χ4n) is 2.18. The fourth-order valence-corrected chi connectivity index (χ4v) is 2.18. The van der Waals surface area contributed by atoms with Gasteiger partial charge in [0.1, 0.15) is 0 Å². The third kappa shape index (κ3) is 3.26. The van der Waals surface area contributed by atoms with Gasteiger partial charge in [0.2, 0.25) is 5.82 Å². The van der Waals surface area contributed by atoms with E-state index in [1.807, 2.05) is 66.7 Å². The molecule has 0 radical (unpaired) electrons. The summed E-state index contributed by atoms with van der Waals surface area (Å²) in [7, 11) is 0. The van der Waals surface area contributed by atoms with Gasteiger partial charge in [0.05, 0.1) is 11.4 Å². The Morgan fingerprint density at radius 1 is 0.870 bits per heavy atom. The second kappa shape index (κ2) is 6.56. The Bertz CT molecular complexity index is 828. The van der Waals surface area contributed by atoms with Gasteiger partial charge in [-0.05, 0) is 6.07 Å². The topological polar surface area (TPSA) is 79.3 Å². The third-order valence-electron chi connectivity index (χ3n) is 3.26. The Balaban J connectivity index is 2.19. The molecule has 0 aliphatic rings. The molecule has 0 N–H and O–H groups in total. The average Bonchev–Trinajstić information content (AvgIpc) is 2.63. The van der Waals surface area contributed by atoms with Crippen molar-refractivity contribution >= 4 is 12.0 Å². The molecule has 0 unspecified atom stereocenters. The van der Waals surface area contributed by atoms with E-state index in [4.69, 9.17) is 5.53 Å². The molecule has 0 spiro atoms. The van der Waals surface area contributed by atoms with E-state index in [0.717, 1.165) is 17.3 Å². The first-order valence-electron chi connectivity index (χ1n) is 6.99. The van der Waals surface area contributed by atoms with Gasteiger partial charge >= 0.3 is 12.0 Å². The molecule has 0 saturated heterocycles. The van der Waals surface area contributed by atoms with E-state index in [0.29, 0.717) is 11.4 Å². The number of hydrogen-bond donors (Lipinski definition) is 0. The van der Waals surface area contributed by atoms with Crippen molar-refractivity contribution in [2.75, 3.05) is 0 Å². The second-order valence-corrected chi connectivity index (χ2v) is 4.80. The predicted molar refractivity (Wildman–Crippen MR) is 86.9 cm³/mol. The number of nitrogens with zero attached hydrogens (tertiary/aromatic N) is 4. The summed E-state index contributed by atoms with van der Waals surface area (Å²) in [6, 6.07) is 20.9. The minimum atomic E-state index is -0.553. The molecule has 2 aromatic carbocycles. The molecular formula is C18H12N4O. The van der Waals surface area contributed by atoms with Crippen LogP contribution in [0.5, 0.6) is 0 Å². The number of benzene rings is 2. The van der Waals surface area contributed by atoms with Crippen molar-refractivity contribution < 1.29 is 9.58 Å². The summed E-state index contributed by atoms with van der Waals surface area (Å²) in [4.78, 5) is 23.3. The normalized spacial score (nSPS) is 9.91. The van der Waals surface area contributed by atoms with E-state index in [9.17, 15) is 4.79 Å². The smallest absolute Gasteiger partial charge is 0.331 e. The summed E-state index contributed by atoms with van der Waals surface area (Å²) in [6.07, 6.45) is 0.791.